The topological polar surface area (TPSA) is 88.0 Å². The van der Waals surface area contributed by atoms with Gasteiger partial charge in [-0.15, -0.1) is 11.3 Å². The SMILES string of the molecule is Cc1cc(C(=O)O)nc(NCCc2cscn2)n1. The summed E-state index contributed by atoms with van der Waals surface area (Å²) in [5.41, 5.74) is 3.40. The lowest BCUT2D eigenvalue weighted by atomic mass is 10.3. The maximum atomic E-state index is 10.8. The Morgan fingerprint density at radius 1 is 1.50 bits per heavy atom. The number of aromatic carboxylic acids is 1. The molecule has 0 amide bonds. The van der Waals surface area contributed by atoms with Gasteiger partial charge in [0.15, 0.2) is 5.69 Å². The van der Waals surface area contributed by atoms with Crippen LogP contribution in [0.4, 0.5) is 5.95 Å². The van der Waals surface area contributed by atoms with Crippen LogP contribution in [0, 0.1) is 6.92 Å². The Morgan fingerprint density at radius 3 is 3.00 bits per heavy atom. The molecule has 0 aromatic carbocycles. The number of thiazole rings is 1. The van der Waals surface area contributed by atoms with E-state index in [-0.39, 0.29) is 5.69 Å². The average Bonchev–Trinajstić information content (AvgIpc) is 2.81. The van der Waals surface area contributed by atoms with Gasteiger partial charge in [0, 0.05) is 24.0 Å². The van der Waals surface area contributed by atoms with E-state index in [2.05, 4.69) is 20.3 Å². The molecule has 2 aromatic rings. The molecule has 7 heteroatoms. The Labute approximate surface area is 108 Å². The zero-order valence-electron chi connectivity index (χ0n) is 9.75. The normalized spacial score (nSPS) is 10.3. The lowest BCUT2D eigenvalue weighted by Gasteiger charge is -2.05. The highest BCUT2D eigenvalue weighted by atomic mass is 32.1. The van der Waals surface area contributed by atoms with E-state index >= 15 is 0 Å². The molecule has 2 N–H and O–H groups in total. The van der Waals surface area contributed by atoms with Gasteiger partial charge in [-0.25, -0.2) is 19.7 Å². The first-order valence-electron chi connectivity index (χ1n) is 5.35. The minimum atomic E-state index is -1.05. The van der Waals surface area contributed by atoms with E-state index in [1.165, 1.54) is 6.07 Å². The molecule has 0 spiro atoms. The van der Waals surface area contributed by atoms with Crippen LogP contribution in [-0.4, -0.2) is 32.6 Å². The highest BCUT2D eigenvalue weighted by Crippen LogP contribution is 2.06. The first-order valence-corrected chi connectivity index (χ1v) is 6.29. The van der Waals surface area contributed by atoms with Gasteiger partial charge in [-0.05, 0) is 13.0 Å². The van der Waals surface area contributed by atoms with E-state index in [0.29, 0.717) is 18.2 Å². The van der Waals surface area contributed by atoms with Crippen molar-refractivity contribution in [3.8, 4) is 0 Å². The third-order valence-electron chi connectivity index (χ3n) is 2.22. The molecule has 0 bridgehead atoms. The number of carbonyl (C=O) groups is 1. The maximum absolute atomic E-state index is 10.8. The Balaban J connectivity index is 1.98. The summed E-state index contributed by atoms with van der Waals surface area (Å²) in [5.74, 6) is -0.717. The van der Waals surface area contributed by atoms with Gasteiger partial charge in [0.25, 0.3) is 0 Å². The fourth-order valence-electron chi connectivity index (χ4n) is 1.42. The molecule has 6 nitrogen and oxygen atoms in total. The van der Waals surface area contributed by atoms with E-state index in [1.54, 1.807) is 23.8 Å². The molecule has 0 aliphatic carbocycles. The molecule has 0 aliphatic heterocycles. The predicted molar refractivity (Wildman–Crippen MR) is 68.0 cm³/mol. The molecule has 0 fully saturated rings. The standard InChI is InChI=1S/C11H12N4O2S/c1-7-4-9(10(16)17)15-11(14-7)12-3-2-8-5-18-6-13-8/h4-6H,2-3H2,1H3,(H,16,17)(H,12,14,15). The number of rotatable bonds is 5. The Kier molecular flexibility index (Phi) is 3.83. The monoisotopic (exact) mass is 264 g/mol. The summed E-state index contributed by atoms with van der Waals surface area (Å²) < 4.78 is 0. The summed E-state index contributed by atoms with van der Waals surface area (Å²) in [5, 5.41) is 13.9. The third kappa shape index (κ3) is 3.24. The Morgan fingerprint density at radius 2 is 2.33 bits per heavy atom. The largest absolute Gasteiger partial charge is 0.477 e. The highest BCUT2D eigenvalue weighted by molar-refractivity contribution is 7.07. The van der Waals surface area contributed by atoms with Crippen molar-refractivity contribution in [2.75, 3.05) is 11.9 Å². The number of hydrogen-bond donors (Lipinski definition) is 2. The number of nitrogens with one attached hydrogen (secondary N) is 1. The van der Waals surface area contributed by atoms with Crippen molar-refractivity contribution in [3.63, 3.8) is 0 Å². The lowest BCUT2D eigenvalue weighted by Crippen LogP contribution is -2.11. The first-order chi connectivity index (χ1) is 8.65. The summed E-state index contributed by atoms with van der Waals surface area (Å²) in [4.78, 5) is 23.0. The van der Waals surface area contributed by atoms with Crippen LogP contribution in [0.1, 0.15) is 21.9 Å². The molecular formula is C11H12N4O2S. The minimum Gasteiger partial charge on any atom is -0.477 e. The smallest absolute Gasteiger partial charge is 0.354 e. The van der Waals surface area contributed by atoms with E-state index in [9.17, 15) is 4.79 Å². The summed E-state index contributed by atoms with van der Waals surface area (Å²) in [6, 6.07) is 1.44. The van der Waals surface area contributed by atoms with Crippen molar-refractivity contribution in [3.05, 3.63) is 34.0 Å². The molecule has 2 rings (SSSR count). The second-order valence-electron chi connectivity index (χ2n) is 3.68. The summed E-state index contributed by atoms with van der Waals surface area (Å²) in [6.45, 7) is 2.35. The second-order valence-corrected chi connectivity index (χ2v) is 4.40. The molecule has 94 valence electrons. The van der Waals surface area contributed by atoms with Crippen molar-refractivity contribution >= 4 is 23.3 Å². The van der Waals surface area contributed by atoms with E-state index < -0.39 is 5.97 Å². The fourth-order valence-corrected chi connectivity index (χ4v) is 2.01. The third-order valence-corrected chi connectivity index (χ3v) is 2.86. The number of anilines is 1. The Bertz CT molecular complexity index is 542. The molecule has 0 radical (unpaired) electrons. The van der Waals surface area contributed by atoms with Crippen LogP contribution in [0.3, 0.4) is 0 Å². The molecule has 2 heterocycles. The molecule has 2 aromatic heterocycles. The van der Waals surface area contributed by atoms with Crippen molar-refractivity contribution < 1.29 is 9.90 Å². The summed E-state index contributed by atoms with van der Waals surface area (Å²) in [7, 11) is 0. The predicted octanol–water partition coefficient (Wildman–Crippen LogP) is 1.59. The zero-order chi connectivity index (χ0) is 13.0. The van der Waals surface area contributed by atoms with Crippen molar-refractivity contribution in [2.45, 2.75) is 13.3 Å². The minimum absolute atomic E-state index is 0.00124. The van der Waals surface area contributed by atoms with Crippen LogP contribution in [0.25, 0.3) is 0 Å². The van der Waals surface area contributed by atoms with Gasteiger partial charge in [0.05, 0.1) is 11.2 Å². The lowest BCUT2D eigenvalue weighted by molar-refractivity contribution is 0.0690. The number of aromatic nitrogens is 3. The number of aryl methyl sites for hydroxylation is 1. The number of carboxylic acid groups (broad SMARTS) is 1. The summed E-state index contributed by atoms with van der Waals surface area (Å²) >= 11 is 1.55. The first kappa shape index (κ1) is 12.4. The second kappa shape index (κ2) is 5.54. The van der Waals surface area contributed by atoms with Gasteiger partial charge < -0.3 is 10.4 Å². The quantitative estimate of drug-likeness (QED) is 0.852. The van der Waals surface area contributed by atoms with E-state index in [1.807, 2.05) is 5.38 Å². The van der Waals surface area contributed by atoms with Crippen LogP contribution in [0.5, 0.6) is 0 Å². The van der Waals surface area contributed by atoms with Crippen LogP contribution >= 0.6 is 11.3 Å². The molecule has 0 unspecified atom stereocenters. The average molecular weight is 264 g/mol. The highest BCUT2D eigenvalue weighted by Gasteiger charge is 2.08. The van der Waals surface area contributed by atoms with Gasteiger partial charge in [0.2, 0.25) is 5.95 Å². The molecular weight excluding hydrogens is 252 g/mol. The van der Waals surface area contributed by atoms with Gasteiger partial charge in [0.1, 0.15) is 0 Å². The van der Waals surface area contributed by atoms with Crippen LogP contribution in [-0.2, 0) is 6.42 Å². The molecule has 0 aliphatic rings. The van der Waals surface area contributed by atoms with Gasteiger partial charge >= 0.3 is 5.97 Å². The van der Waals surface area contributed by atoms with Gasteiger partial charge in [-0.1, -0.05) is 0 Å². The van der Waals surface area contributed by atoms with Gasteiger partial charge in [-0.2, -0.15) is 0 Å². The van der Waals surface area contributed by atoms with E-state index in [0.717, 1.165) is 12.1 Å². The maximum Gasteiger partial charge on any atom is 0.354 e. The summed E-state index contributed by atoms with van der Waals surface area (Å²) in [6.07, 6.45) is 0.753. The fraction of sp³-hybridized carbons (Fsp3) is 0.273. The van der Waals surface area contributed by atoms with Crippen LogP contribution in [0.15, 0.2) is 17.0 Å². The number of carboxylic acids is 1. The van der Waals surface area contributed by atoms with Crippen molar-refractivity contribution in [1.82, 2.24) is 15.0 Å². The van der Waals surface area contributed by atoms with Crippen molar-refractivity contribution in [2.24, 2.45) is 0 Å². The molecule has 0 saturated heterocycles. The molecule has 18 heavy (non-hydrogen) atoms. The van der Waals surface area contributed by atoms with Crippen molar-refractivity contribution in [1.29, 1.82) is 0 Å². The number of hydrogen-bond acceptors (Lipinski definition) is 6. The molecule has 0 saturated carbocycles. The van der Waals surface area contributed by atoms with Crippen LogP contribution in [0.2, 0.25) is 0 Å². The van der Waals surface area contributed by atoms with Gasteiger partial charge in [-0.3, -0.25) is 0 Å². The van der Waals surface area contributed by atoms with Crippen LogP contribution < -0.4 is 5.32 Å². The number of nitrogens with zero attached hydrogens (tertiary/aromatic N) is 3. The molecule has 0 atom stereocenters. The van der Waals surface area contributed by atoms with E-state index in [4.69, 9.17) is 5.11 Å². The Hall–Kier alpha value is -2.02. The zero-order valence-corrected chi connectivity index (χ0v) is 10.6.